The van der Waals surface area contributed by atoms with Crippen LogP contribution in [0.3, 0.4) is 0 Å². The van der Waals surface area contributed by atoms with E-state index in [0.717, 1.165) is 11.5 Å². The van der Waals surface area contributed by atoms with Crippen molar-refractivity contribution >= 4 is 16.0 Å². The molecule has 140 valence electrons. The summed E-state index contributed by atoms with van der Waals surface area (Å²) in [4.78, 5) is 13.8. The molecular weight excluding hydrogens is 358 g/mol. The second-order valence-corrected chi connectivity index (χ2v) is 8.07. The predicted molar refractivity (Wildman–Crippen MR) is 93.1 cm³/mol. The van der Waals surface area contributed by atoms with Gasteiger partial charge in [0.1, 0.15) is 0 Å². The van der Waals surface area contributed by atoms with Gasteiger partial charge in [-0.2, -0.15) is 4.31 Å². The highest BCUT2D eigenvalue weighted by Crippen LogP contribution is 2.19. The Morgan fingerprint density at radius 1 is 1.19 bits per heavy atom. The molecule has 1 saturated heterocycles. The molecule has 3 rings (SSSR count). The number of sulfonamides is 1. The summed E-state index contributed by atoms with van der Waals surface area (Å²) in [7, 11) is -2.30. The van der Waals surface area contributed by atoms with Crippen molar-refractivity contribution in [2.45, 2.75) is 18.4 Å². The molecule has 0 bridgehead atoms. The van der Waals surface area contributed by atoms with Crippen molar-refractivity contribution in [1.29, 1.82) is 0 Å². The van der Waals surface area contributed by atoms with Crippen molar-refractivity contribution in [3.05, 3.63) is 47.3 Å². The molecule has 0 aliphatic carbocycles. The van der Waals surface area contributed by atoms with Gasteiger partial charge in [0.15, 0.2) is 5.76 Å². The number of hydrogen-bond acceptors (Lipinski definition) is 7. The minimum atomic E-state index is -3.58. The standard InChI is InChI=1S/C17H21N3O5S/c1-13-11-15(25-18-13)12-19-7-9-20(10-8-19)26(22,23)16-5-3-14(4-6-16)17(21)24-2/h3-6,11H,7-10,12H2,1-2H3. The van der Waals surface area contributed by atoms with Crippen molar-refractivity contribution < 1.29 is 22.5 Å². The fourth-order valence-electron chi connectivity index (χ4n) is 2.87. The van der Waals surface area contributed by atoms with Gasteiger partial charge in [-0.15, -0.1) is 0 Å². The van der Waals surface area contributed by atoms with E-state index in [4.69, 9.17) is 4.52 Å². The lowest BCUT2D eigenvalue weighted by molar-refractivity contribution is 0.0600. The first-order valence-corrected chi connectivity index (χ1v) is 9.67. The highest BCUT2D eigenvalue weighted by molar-refractivity contribution is 7.89. The van der Waals surface area contributed by atoms with Crippen molar-refractivity contribution in [2.75, 3.05) is 33.3 Å². The number of ether oxygens (including phenoxy) is 1. The molecule has 0 unspecified atom stereocenters. The fourth-order valence-corrected chi connectivity index (χ4v) is 4.29. The summed E-state index contributed by atoms with van der Waals surface area (Å²) in [6.07, 6.45) is 0. The first kappa shape index (κ1) is 18.6. The first-order valence-electron chi connectivity index (χ1n) is 8.23. The summed E-state index contributed by atoms with van der Waals surface area (Å²) in [6.45, 7) is 4.49. The summed E-state index contributed by atoms with van der Waals surface area (Å²) in [5.74, 6) is 0.280. The van der Waals surface area contributed by atoms with Gasteiger partial charge >= 0.3 is 5.97 Å². The minimum absolute atomic E-state index is 0.171. The maximum atomic E-state index is 12.8. The molecular formula is C17H21N3O5S. The maximum Gasteiger partial charge on any atom is 0.337 e. The van der Waals surface area contributed by atoms with Gasteiger partial charge in [0.05, 0.1) is 29.8 Å². The molecule has 1 aliphatic rings. The van der Waals surface area contributed by atoms with Crippen LogP contribution >= 0.6 is 0 Å². The molecule has 1 aromatic carbocycles. The lowest BCUT2D eigenvalue weighted by atomic mass is 10.2. The Labute approximate surface area is 152 Å². The van der Waals surface area contributed by atoms with Crippen LogP contribution in [0, 0.1) is 6.92 Å². The average Bonchev–Trinajstić information content (AvgIpc) is 3.06. The summed E-state index contributed by atoms with van der Waals surface area (Å²) in [6, 6.07) is 7.67. The largest absolute Gasteiger partial charge is 0.465 e. The Morgan fingerprint density at radius 2 is 1.85 bits per heavy atom. The number of carbonyl (C=O) groups excluding carboxylic acids is 1. The third-order valence-electron chi connectivity index (χ3n) is 4.30. The smallest absolute Gasteiger partial charge is 0.337 e. The number of carbonyl (C=O) groups is 1. The Kier molecular flexibility index (Phi) is 5.40. The van der Waals surface area contributed by atoms with Crippen LogP contribution in [0.4, 0.5) is 0 Å². The molecule has 0 spiro atoms. The topological polar surface area (TPSA) is 93.0 Å². The molecule has 0 amide bonds. The van der Waals surface area contributed by atoms with Crippen LogP contribution in [0.25, 0.3) is 0 Å². The van der Waals surface area contributed by atoms with Gasteiger partial charge in [-0.3, -0.25) is 4.90 Å². The molecule has 1 aliphatic heterocycles. The molecule has 9 heteroatoms. The third kappa shape index (κ3) is 3.95. The molecule has 8 nitrogen and oxygen atoms in total. The molecule has 26 heavy (non-hydrogen) atoms. The van der Waals surface area contributed by atoms with Crippen LogP contribution in [-0.4, -0.2) is 62.0 Å². The van der Waals surface area contributed by atoms with Crippen molar-refractivity contribution in [1.82, 2.24) is 14.4 Å². The number of aryl methyl sites for hydroxylation is 1. The lowest BCUT2D eigenvalue weighted by Crippen LogP contribution is -2.48. The summed E-state index contributed by atoms with van der Waals surface area (Å²) in [5.41, 5.74) is 1.15. The van der Waals surface area contributed by atoms with E-state index in [9.17, 15) is 13.2 Å². The molecule has 0 N–H and O–H groups in total. The number of benzene rings is 1. The van der Waals surface area contributed by atoms with E-state index in [2.05, 4.69) is 14.8 Å². The van der Waals surface area contributed by atoms with E-state index in [0.29, 0.717) is 38.3 Å². The Bertz CT molecular complexity index is 868. The highest BCUT2D eigenvalue weighted by Gasteiger charge is 2.29. The van der Waals surface area contributed by atoms with Crippen molar-refractivity contribution in [2.24, 2.45) is 0 Å². The van der Waals surface area contributed by atoms with Crippen LogP contribution in [0.1, 0.15) is 21.8 Å². The van der Waals surface area contributed by atoms with Gasteiger partial charge in [0.25, 0.3) is 0 Å². The molecule has 0 saturated carbocycles. The zero-order chi connectivity index (χ0) is 18.7. The maximum absolute atomic E-state index is 12.8. The van der Waals surface area contributed by atoms with Crippen LogP contribution in [-0.2, 0) is 21.3 Å². The van der Waals surface area contributed by atoms with E-state index in [-0.39, 0.29) is 4.90 Å². The third-order valence-corrected chi connectivity index (χ3v) is 6.21. The zero-order valence-corrected chi connectivity index (χ0v) is 15.5. The van der Waals surface area contributed by atoms with Gasteiger partial charge < -0.3 is 9.26 Å². The van der Waals surface area contributed by atoms with Crippen molar-refractivity contribution in [3.63, 3.8) is 0 Å². The van der Waals surface area contributed by atoms with Crippen LogP contribution in [0.2, 0.25) is 0 Å². The lowest BCUT2D eigenvalue weighted by Gasteiger charge is -2.33. The number of rotatable bonds is 5. The molecule has 2 aromatic rings. The normalized spacial score (nSPS) is 16.5. The average molecular weight is 379 g/mol. The fraction of sp³-hybridized carbons (Fsp3) is 0.412. The van der Waals surface area contributed by atoms with Crippen LogP contribution in [0.5, 0.6) is 0 Å². The minimum Gasteiger partial charge on any atom is -0.465 e. The van der Waals surface area contributed by atoms with Crippen molar-refractivity contribution in [3.8, 4) is 0 Å². The van der Waals surface area contributed by atoms with Crippen LogP contribution < -0.4 is 0 Å². The number of esters is 1. The van der Waals surface area contributed by atoms with E-state index >= 15 is 0 Å². The van der Waals surface area contributed by atoms with E-state index in [1.165, 1.54) is 35.7 Å². The number of aromatic nitrogens is 1. The first-order chi connectivity index (χ1) is 12.4. The highest BCUT2D eigenvalue weighted by atomic mass is 32.2. The Balaban J connectivity index is 1.63. The summed E-state index contributed by atoms with van der Waals surface area (Å²) >= 11 is 0. The molecule has 0 radical (unpaired) electrons. The monoisotopic (exact) mass is 379 g/mol. The van der Waals surface area contributed by atoms with Gasteiger partial charge in [-0.25, -0.2) is 13.2 Å². The number of nitrogens with zero attached hydrogens (tertiary/aromatic N) is 3. The molecule has 1 fully saturated rings. The number of hydrogen-bond donors (Lipinski definition) is 0. The second kappa shape index (κ2) is 7.56. The SMILES string of the molecule is COC(=O)c1ccc(S(=O)(=O)N2CCN(Cc3cc(C)no3)CC2)cc1. The van der Waals surface area contributed by atoms with Gasteiger partial charge in [0, 0.05) is 32.2 Å². The van der Waals surface area contributed by atoms with Gasteiger partial charge in [-0.05, 0) is 31.2 Å². The Hall–Kier alpha value is -2.23. The quantitative estimate of drug-likeness (QED) is 0.723. The molecule has 1 aromatic heterocycles. The zero-order valence-electron chi connectivity index (χ0n) is 14.7. The van der Waals surface area contributed by atoms with Gasteiger partial charge in [0.2, 0.25) is 10.0 Å². The molecule has 2 heterocycles. The summed E-state index contributed by atoms with van der Waals surface area (Å²) < 4.78 is 36.8. The predicted octanol–water partition coefficient (Wildman–Crippen LogP) is 1.28. The van der Waals surface area contributed by atoms with Crippen LogP contribution in [0.15, 0.2) is 39.8 Å². The second-order valence-electron chi connectivity index (χ2n) is 6.13. The Morgan fingerprint density at radius 3 is 2.38 bits per heavy atom. The summed E-state index contributed by atoms with van der Waals surface area (Å²) in [5, 5.41) is 3.86. The van der Waals surface area contributed by atoms with Gasteiger partial charge in [-0.1, -0.05) is 5.16 Å². The number of methoxy groups -OCH3 is 1. The molecule has 0 atom stereocenters. The van der Waals surface area contributed by atoms with E-state index in [1.54, 1.807) is 0 Å². The van der Waals surface area contributed by atoms with E-state index in [1.807, 2.05) is 13.0 Å². The van der Waals surface area contributed by atoms with E-state index < -0.39 is 16.0 Å². The number of piperazine rings is 1.